The number of benzene rings is 1. The van der Waals surface area contributed by atoms with Gasteiger partial charge in [0.2, 0.25) is 0 Å². The highest BCUT2D eigenvalue weighted by atomic mass is 16.6. The van der Waals surface area contributed by atoms with Crippen LogP contribution in [0, 0.1) is 0 Å². The normalized spacial score (nSPS) is 11.1. The summed E-state index contributed by atoms with van der Waals surface area (Å²) < 4.78 is 59.4. The Hall–Kier alpha value is -2.73. The molecule has 0 saturated carbocycles. The summed E-state index contributed by atoms with van der Waals surface area (Å²) in [5.41, 5.74) is 0.611. The highest BCUT2D eigenvalue weighted by Gasteiger charge is 2.04. The van der Waals surface area contributed by atoms with E-state index in [0.717, 1.165) is 6.29 Å². The predicted octanol–water partition coefficient (Wildman–Crippen LogP) is 2.22. The molecule has 1 rings (SSSR count). The summed E-state index contributed by atoms with van der Waals surface area (Å²) in [4.78, 5) is 32.5. The average molecular weight is 691 g/mol. The third-order valence-electron chi connectivity index (χ3n) is 6.00. The molecule has 0 spiro atoms. The van der Waals surface area contributed by atoms with E-state index in [1.807, 2.05) is 0 Å². The van der Waals surface area contributed by atoms with Gasteiger partial charge in [-0.3, -0.25) is 14.4 Å². The van der Waals surface area contributed by atoms with Gasteiger partial charge in [-0.05, 0) is 37.1 Å². The van der Waals surface area contributed by atoms with Crippen LogP contribution in [0.1, 0.15) is 36.0 Å². The number of aliphatic carboxylic acids is 1. The number of hydrogen-bond acceptors (Lipinski definition) is 14. The largest absolute Gasteiger partial charge is 0.491 e. The minimum atomic E-state index is -0.866. The minimum Gasteiger partial charge on any atom is -0.491 e. The highest BCUT2D eigenvalue weighted by molar-refractivity contribution is 5.74. The summed E-state index contributed by atoms with van der Waals surface area (Å²) in [5.74, 6) is -0.520. The van der Waals surface area contributed by atoms with Gasteiger partial charge in [0.05, 0.1) is 119 Å². The fourth-order valence-corrected chi connectivity index (χ4v) is 3.55. The molecular weight excluding hydrogens is 636 g/mol. The molecule has 0 atom stereocenters. The first-order valence-electron chi connectivity index (χ1n) is 16.4. The second-order valence-electron chi connectivity index (χ2n) is 9.87. The van der Waals surface area contributed by atoms with Crippen molar-refractivity contribution >= 4 is 18.2 Å². The third kappa shape index (κ3) is 30.6. The van der Waals surface area contributed by atoms with Crippen molar-refractivity contribution in [1.29, 1.82) is 0 Å². The molecule has 0 heterocycles. The number of hydrogen-bond donors (Lipinski definition) is 1. The van der Waals surface area contributed by atoms with Gasteiger partial charge < -0.3 is 57.2 Å². The standard InChI is InChI=1S/C33H54O15/c34-29-30-5-7-31(8-6-30)47-27-25-45-23-21-43-19-17-41-15-13-39-11-9-38-10-12-40-14-16-42-18-20-44-22-24-46-26-28-48-33(37)4-2-1-3-32(35)36/h5-8,29H,1-4,9-28H2,(H,35,36). The number of carbonyl (C=O) groups is 3. The van der Waals surface area contributed by atoms with E-state index in [-0.39, 0.29) is 32.0 Å². The van der Waals surface area contributed by atoms with Gasteiger partial charge in [-0.15, -0.1) is 0 Å². The first kappa shape index (κ1) is 43.3. The third-order valence-corrected chi connectivity index (χ3v) is 6.00. The Morgan fingerprint density at radius 3 is 1.17 bits per heavy atom. The number of ether oxygens (including phenoxy) is 11. The molecule has 0 saturated heterocycles. The molecule has 0 radical (unpaired) electrons. The van der Waals surface area contributed by atoms with Crippen LogP contribution in [0.2, 0.25) is 0 Å². The molecule has 1 aromatic carbocycles. The molecule has 0 amide bonds. The van der Waals surface area contributed by atoms with E-state index < -0.39 is 5.97 Å². The molecule has 0 aliphatic carbocycles. The summed E-state index contributed by atoms with van der Waals surface area (Å²) in [6.45, 7) is 8.65. The van der Waals surface area contributed by atoms with Crippen LogP contribution in [0.5, 0.6) is 5.75 Å². The van der Waals surface area contributed by atoms with Crippen molar-refractivity contribution in [2.45, 2.75) is 25.7 Å². The van der Waals surface area contributed by atoms with E-state index in [9.17, 15) is 14.4 Å². The summed E-state index contributed by atoms with van der Waals surface area (Å²) >= 11 is 0. The van der Waals surface area contributed by atoms with Crippen molar-refractivity contribution in [1.82, 2.24) is 0 Å². The second-order valence-corrected chi connectivity index (χ2v) is 9.87. The lowest BCUT2D eigenvalue weighted by Crippen LogP contribution is -2.15. The predicted molar refractivity (Wildman–Crippen MR) is 172 cm³/mol. The zero-order valence-corrected chi connectivity index (χ0v) is 28.0. The van der Waals surface area contributed by atoms with Gasteiger partial charge in [-0.1, -0.05) is 0 Å². The van der Waals surface area contributed by atoms with E-state index in [1.165, 1.54) is 0 Å². The lowest BCUT2D eigenvalue weighted by Gasteiger charge is -2.09. The number of rotatable bonds is 37. The molecule has 0 bridgehead atoms. The maximum absolute atomic E-state index is 11.5. The van der Waals surface area contributed by atoms with Crippen molar-refractivity contribution in [3.05, 3.63) is 29.8 Å². The van der Waals surface area contributed by atoms with E-state index in [1.54, 1.807) is 24.3 Å². The van der Waals surface area contributed by atoms with E-state index in [0.29, 0.717) is 143 Å². The lowest BCUT2D eigenvalue weighted by atomic mass is 10.2. The van der Waals surface area contributed by atoms with E-state index in [4.69, 9.17) is 57.2 Å². The van der Waals surface area contributed by atoms with Crippen LogP contribution in [-0.2, 0) is 57.0 Å². The second kappa shape index (κ2) is 34.1. The van der Waals surface area contributed by atoms with Crippen LogP contribution >= 0.6 is 0 Å². The number of unbranched alkanes of at least 4 members (excludes halogenated alkanes) is 1. The fraction of sp³-hybridized carbons (Fsp3) is 0.727. The maximum atomic E-state index is 11.5. The van der Waals surface area contributed by atoms with Crippen molar-refractivity contribution in [3.8, 4) is 5.75 Å². The number of carbonyl (C=O) groups excluding carboxylic acids is 2. The quantitative estimate of drug-likeness (QED) is 0.0611. The van der Waals surface area contributed by atoms with Crippen molar-refractivity contribution in [2.24, 2.45) is 0 Å². The van der Waals surface area contributed by atoms with Crippen LogP contribution < -0.4 is 4.74 Å². The average Bonchev–Trinajstić information content (AvgIpc) is 3.09. The van der Waals surface area contributed by atoms with Crippen LogP contribution in [-0.4, -0.2) is 155 Å². The molecule has 15 heteroatoms. The van der Waals surface area contributed by atoms with Gasteiger partial charge in [-0.25, -0.2) is 0 Å². The molecule has 0 aromatic heterocycles. The van der Waals surface area contributed by atoms with E-state index in [2.05, 4.69) is 0 Å². The Balaban J connectivity index is 1.66. The zero-order valence-electron chi connectivity index (χ0n) is 28.0. The smallest absolute Gasteiger partial charge is 0.305 e. The molecule has 0 aliphatic rings. The van der Waals surface area contributed by atoms with Crippen molar-refractivity contribution < 1.29 is 71.6 Å². The molecule has 276 valence electrons. The molecule has 1 aromatic rings. The van der Waals surface area contributed by atoms with E-state index >= 15 is 0 Å². The van der Waals surface area contributed by atoms with Gasteiger partial charge in [0.15, 0.2) is 0 Å². The number of carboxylic acids is 1. The Bertz CT molecular complexity index is 884. The topological polar surface area (TPSA) is 173 Å². The molecule has 0 fully saturated rings. The first-order valence-corrected chi connectivity index (χ1v) is 16.4. The highest BCUT2D eigenvalue weighted by Crippen LogP contribution is 2.10. The Labute approximate surface area is 283 Å². The Morgan fingerprint density at radius 1 is 0.479 bits per heavy atom. The Morgan fingerprint density at radius 2 is 0.812 bits per heavy atom. The summed E-state index contributed by atoms with van der Waals surface area (Å²) in [7, 11) is 0. The lowest BCUT2D eigenvalue weighted by molar-refractivity contribution is -0.146. The molecule has 0 aliphatic heterocycles. The molecule has 1 N–H and O–H groups in total. The van der Waals surface area contributed by atoms with Gasteiger partial charge in [-0.2, -0.15) is 0 Å². The van der Waals surface area contributed by atoms with Gasteiger partial charge in [0, 0.05) is 18.4 Å². The van der Waals surface area contributed by atoms with Crippen LogP contribution in [0.3, 0.4) is 0 Å². The van der Waals surface area contributed by atoms with Crippen LogP contribution in [0.15, 0.2) is 24.3 Å². The Kier molecular flexibility index (Phi) is 30.8. The van der Waals surface area contributed by atoms with Crippen LogP contribution in [0.4, 0.5) is 0 Å². The fourth-order valence-electron chi connectivity index (χ4n) is 3.55. The maximum Gasteiger partial charge on any atom is 0.305 e. The number of esters is 1. The van der Waals surface area contributed by atoms with Crippen molar-refractivity contribution in [2.75, 3.05) is 132 Å². The SMILES string of the molecule is O=Cc1ccc(OCCOCCOCCOCCOCCOCCOCCOCCOCCOCCOC(=O)CCCCC(=O)O)cc1. The summed E-state index contributed by atoms with van der Waals surface area (Å²) in [6, 6.07) is 6.90. The zero-order chi connectivity index (χ0) is 34.6. The number of aldehydes is 1. The van der Waals surface area contributed by atoms with Crippen molar-refractivity contribution in [3.63, 3.8) is 0 Å². The first-order chi connectivity index (χ1) is 23.6. The molecule has 48 heavy (non-hydrogen) atoms. The molecule has 15 nitrogen and oxygen atoms in total. The summed E-state index contributed by atoms with van der Waals surface area (Å²) in [5, 5.41) is 8.55. The van der Waals surface area contributed by atoms with Gasteiger partial charge in [0.25, 0.3) is 0 Å². The molecular formula is C33H54O15. The number of carboxylic acid groups (broad SMARTS) is 1. The van der Waals surface area contributed by atoms with Gasteiger partial charge >= 0.3 is 11.9 Å². The molecule has 0 unspecified atom stereocenters. The van der Waals surface area contributed by atoms with Gasteiger partial charge in [0.1, 0.15) is 25.2 Å². The summed E-state index contributed by atoms with van der Waals surface area (Å²) in [6.07, 6.45) is 2.01. The monoisotopic (exact) mass is 690 g/mol. The van der Waals surface area contributed by atoms with Crippen LogP contribution in [0.25, 0.3) is 0 Å². The minimum absolute atomic E-state index is 0.0572.